The Morgan fingerprint density at radius 3 is 1.65 bits per heavy atom. The maximum absolute atomic E-state index is 14.0. The third-order valence-corrected chi connectivity index (χ3v) is 9.92. The summed E-state index contributed by atoms with van der Waals surface area (Å²) in [6.45, 7) is 3.48. The van der Waals surface area contributed by atoms with E-state index in [1.54, 1.807) is 19.1 Å². The van der Waals surface area contributed by atoms with Crippen LogP contribution in [0.25, 0.3) is 0 Å². The highest BCUT2D eigenvalue weighted by Crippen LogP contribution is 2.40. The third kappa shape index (κ3) is 5.35. The van der Waals surface area contributed by atoms with Crippen molar-refractivity contribution in [2.24, 2.45) is 17.6 Å². The van der Waals surface area contributed by atoms with Gasteiger partial charge in [0, 0.05) is 32.5 Å². The lowest BCUT2D eigenvalue weighted by Gasteiger charge is -2.56. The minimum absolute atomic E-state index is 0.0629. The van der Waals surface area contributed by atoms with E-state index < -0.39 is 35.5 Å². The van der Waals surface area contributed by atoms with Crippen LogP contribution >= 0.6 is 0 Å². The van der Waals surface area contributed by atoms with Crippen molar-refractivity contribution >= 4 is 23.8 Å². The van der Waals surface area contributed by atoms with Gasteiger partial charge in [0.05, 0.1) is 26.3 Å². The van der Waals surface area contributed by atoms with Gasteiger partial charge in [-0.25, -0.2) is 9.59 Å². The lowest BCUT2D eigenvalue weighted by atomic mass is 9.71. The molecule has 2 amide bonds. The number of primary amides is 1. The zero-order valence-corrected chi connectivity index (χ0v) is 23.8. The molecule has 40 heavy (non-hydrogen) atoms. The zero-order valence-electron chi connectivity index (χ0n) is 23.8. The van der Waals surface area contributed by atoms with Crippen LogP contribution in [0, 0.1) is 11.8 Å². The molecule has 2 unspecified atom stereocenters. The van der Waals surface area contributed by atoms with Gasteiger partial charge in [0.25, 0.3) is 0 Å². The van der Waals surface area contributed by atoms with Crippen molar-refractivity contribution < 1.29 is 38.1 Å². The molecule has 4 bridgehead atoms. The topological polar surface area (TPSA) is 141 Å². The first-order chi connectivity index (χ1) is 19.2. The minimum atomic E-state index is -1.00. The highest BCUT2D eigenvalue weighted by molar-refractivity contribution is 5.94. The molecule has 4 atom stereocenters. The minimum Gasteiger partial charge on any atom is -0.446 e. The summed E-state index contributed by atoms with van der Waals surface area (Å²) in [5.41, 5.74) is 3.22. The number of methoxy groups -OCH3 is 2. The predicted molar refractivity (Wildman–Crippen MR) is 143 cm³/mol. The standard InChI is InChI=1S/C28H44N4O8/c1-37-17-27(23(33)19-6-10-31(27)11-7-19)15-30(26(36)40-22-5-3-4-21(14-22)39-25(29)35)16-28(18-38-2)24(34)20-8-12-32(28)13-9-20/h19-22H,3-18H2,1-2H3,(H2,29,35)/t21-,22+,27?,28?/m0/s1. The molecule has 0 aromatic heterocycles. The average Bonchev–Trinajstić information content (AvgIpc) is 2.94. The van der Waals surface area contributed by atoms with E-state index in [0.29, 0.717) is 19.3 Å². The van der Waals surface area contributed by atoms with Crippen molar-refractivity contribution in [2.45, 2.75) is 74.7 Å². The van der Waals surface area contributed by atoms with Crippen molar-refractivity contribution in [1.82, 2.24) is 14.7 Å². The van der Waals surface area contributed by atoms with Crippen LogP contribution in [0.15, 0.2) is 0 Å². The Balaban J connectivity index is 1.44. The molecule has 0 aromatic rings. The molecule has 12 heteroatoms. The summed E-state index contributed by atoms with van der Waals surface area (Å²) in [4.78, 5) is 58.8. The summed E-state index contributed by atoms with van der Waals surface area (Å²) in [7, 11) is 3.15. The van der Waals surface area contributed by atoms with Crippen LogP contribution in [0.3, 0.4) is 0 Å². The van der Waals surface area contributed by atoms with Crippen LogP contribution in [-0.4, -0.2) is 128 Å². The molecule has 6 heterocycles. The second-order valence-electron chi connectivity index (χ2n) is 12.3. The number of piperidine rings is 6. The van der Waals surface area contributed by atoms with Gasteiger partial charge in [-0.3, -0.25) is 19.4 Å². The molecule has 0 spiro atoms. The van der Waals surface area contributed by atoms with Crippen LogP contribution in [0.2, 0.25) is 0 Å². The van der Waals surface area contributed by atoms with Gasteiger partial charge in [-0.15, -0.1) is 0 Å². The van der Waals surface area contributed by atoms with Gasteiger partial charge in [0.2, 0.25) is 0 Å². The molecule has 6 aliphatic heterocycles. The number of hydrogen-bond acceptors (Lipinski definition) is 10. The van der Waals surface area contributed by atoms with E-state index in [-0.39, 0.29) is 49.7 Å². The summed E-state index contributed by atoms with van der Waals surface area (Å²) >= 11 is 0. The van der Waals surface area contributed by atoms with E-state index in [2.05, 4.69) is 9.80 Å². The van der Waals surface area contributed by atoms with Crippen molar-refractivity contribution in [1.29, 1.82) is 0 Å². The molecular formula is C28H44N4O8. The quantitative estimate of drug-likeness (QED) is 0.411. The maximum atomic E-state index is 14.0. The number of nitrogens with zero attached hydrogens (tertiary/aromatic N) is 3. The van der Waals surface area contributed by atoms with E-state index >= 15 is 0 Å². The summed E-state index contributed by atoms with van der Waals surface area (Å²) in [5.74, 6) is 0.0591. The fourth-order valence-electron chi connectivity index (χ4n) is 7.97. The number of hydrogen-bond donors (Lipinski definition) is 1. The van der Waals surface area contributed by atoms with Crippen molar-refractivity contribution in [3.05, 3.63) is 0 Å². The van der Waals surface area contributed by atoms with Gasteiger partial charge in [0.15, 0.2) is 11.6 Å². The summed E-state index contributed by atoms with van der Waals surface area (Å²) in [5, 5.41) is 0. The Morgan fingerprint density at radius 2 is 1.25 bits per heavy atom. The number of nitrogens with two attached hydrogens (primary N) is 1. The number of fused-ring (bicyclic) bond motifs is 6. The lowest BCUT2D eigenvalue weighted by molar-refractivity contribution is -0.160. The van der Waals surface area contributed by atoms with E-state index in [1.165, 1.54) is 0 Å². The van der Waals surface area contributed by atoms with Crippen molar-refractivity contribution in [2.75, 3.05) is 66.7 Å². The number of carbonyl (C=O) groups is 4. The summed E-state index contributed by atoms with van der Waals surface area (Å²) < 4.78 is 22.5. The lowest BCUT2D eigenvalue weighted by Crippen LogP contribution is -2.74. The third-order valence-electron chi connectivity index (χ3n) is 9.92. The van der Waals surface area contributed by atoms with Gasteiger partial charge < -0.3 is 29.6 Å². The van der Waals surface area contributed by atoms with Crippen LogP contribution < -0.4 is 5.73 Å². The first-order valence-electron chi connectivity index (χ1n) is 14.7. The molecule has 7 rings (SSSR count). The number of amides is 2. The fourth-order valence-corrected chi connectivity index (χ4v) is 7.97. The smallest absolute Gasteiger partial charge is 0.410 e. The number of ketones is 2. The molecule has 224 valence electrons. The number of rotatable bonds is 10. The van der Waals surface area contributed by atoms with Crippen molar-refractivity contribution in [3.8, 4) is 0 Å². The highest BCUT2D eigenvalue weighted by Gasteiger charge is 2.58. The van der Waals surface area contributed by atoms with Crippen LogP contribution in [0.1, 0.15) is 51.4 Å². The Hall–Kier alpha value is -2.28. The molecule has 2 N–H and O–H groups in total. The molecule has 0 aromatic carbocycles. The number of ether oxygens (including phenoxy) is 4. The van der Waals surface area contributed by atoms with Crippen LogP contribution in [-0.2, 0) is 28.5 Å². The predicted octanol–water partition coefficient (Wildman–Crippen LogP) is 1.19. The van der Waals surface area contributed by atoms with E-state index in [1.807, 2.05) is 0 Å². The van der Waals surface area contributed by atoms with Gasteiger partial charge in [-0.05, 0) is 71.1 Å². The van der Waals surface area contributed by atoms with Crippen LogP contribution in [0.5, 0.6) is 0 Å². The largest absolute Gasteiger partial charge is 0.446 e. The first kappa shape index (κ1) is 29.2. The summed E-state index contributed by atoms with van der Waals surface area (Å²) in [6, 6.07) is 0. The van der Waals surface area contributed by atoms with E-state index in [4.69, 9.17) is 24.7 Å². The monoisotopic (exact) mass is 564 g/mol. The molecule has 1 aliphatic carbocycles. The molecular weight excluding hydrogens is 520 g/mol. The molecule has 7 fully saturated rings. The average molecular weight is 565 g/mol. The van der Waals surface area contributed by atoms with Gasteiger partial charge in [-0.2, -0.15) is 0 Å². The molecule has 0 radical (unpaired) electrons. The Labute approximate surface area is 235 Å². The Bertz CT molecular complexity index is 927. The number of Topliss-reactive ketones (excluding diaryl/α,β-unsaturated/α-hetero) is 2. The second kappa shape index (κ2) is 11.9. The first-order valence-corrected chi connectivity index (χ1v) is 14.7. The van der Waals surface area contributed by atoms with E-state index in [9.17, 15) is 19.2 Å². The highest BCUT2D eigenvalue weighted by atomic mass is 16.6. The Morgan fingerprint density at radius 1 is 0.800 bits per heavy atom. The zero-order chi connectivity index (χ0) is 28.5. The second-order valence-corrected chi connectivity index (χ2v) is 12.3. The normalized spacial score (nSPS) is 38.8. The molecule has 7 aliphatic rings. The van der Waals surface area contributed by atoms with Gasteiger partial charge in [0.1, 0.15) is 23.3 Å². The van der Waals surface area contributed by atoms with Gasteiger partial charge in [-0.1, -0.05) is 0 Å². The van der Waals surface area contributed by atoms with E-state index in [0.717, 1.165) is 58.3 Å². The SMILES string of the molecule is COCC1(CN(CC2(COC)C(=O)C3CCN2CC3)C(=O)O[C@@H]2CCC[C@H](OC(N)=O)C2)C(=O)C2CCN1CC2. The van der Waals surface area contributed by atoms with Crippen molar-refractivity contribution in [3.63, 3.8) is 0 Å². The molecule has 12 nitrogen and oxygen atoms in total. The molecule has 1 saturated carbocycles. The maximum Gasteiger partial charge on any atom is 0.410 e. The summed E-state index contributed by atoms with van der Waals surface area (Å²) in [6.07, 6.45) is 3.27. The van der Waals surface area contributed by atoms with Crippen LogP contribution in [0.4, 0.5) is 9.59 Å². The number of carbonyl (C=O) groups excluding carboxylic acids is 4. The van der Waals surface area contributed by atoms with Gasteiger partial charge >= 0.3 is 12.2 Å². The Kier molecular flexibility index (Phi) is 8.70. The molecule has 6 saturated heterocycles. The fraction of sp³-hybridized carbons (Fsp3) is 0.857.